The van der Waals surface area contributed by atoms with Crippen LogP contribution in [0.25, 0.3) is 0 Å². The Morgan fingerprint density at radius 3 is 2.70 bits per heavy atom. The van der Waals surface area contributed by atoms with Gasteiger partial charge in [-0.2, -0.15) is 0 Å². The summed E-state index contributed by atoms with van der Waals surface area (Å²) in [6, 6.07) is 5.93. The molecule has 1 aromatic carbocycles. The maximum Gasteiger partial charge on any atom is 0.327 e. The van der Waals surface area contributed by atoms with Gasteiger partial charge in [-0.1, -0.05) is 12.1 Å². The monoisotopic (exact) mass is 299 g/mol. The molecule has 6 nitrogen and oxygen atoms in total. The van der Waals surface area contributed by atoms with E-state index in [2.05, 4.69) is 5.32 Å². The first-order valence-electron chi connectivity index (χ1n) is 5.90. The molecule has 0 aromatic heterocycles. The molecule has 0 aliphatic carbocycles. The van der Waals surface area contributed by atoms with Gasteiger partial charge in [0.05, 0.1) is 12.9 Å². The summed E-state index contributed by atoms with van der Waals surface area (Å²) in [5.74, 6) is -0.932. The van der Waals surface area contributed by atoms with Crippen molar-refractivity contribution in [3.8, 4) is 5.75 Å². The summed E-state index contributed by atoms with van der Waals surface area (Å²) in [6.07, 6.45) is 0. The zero-order valence-electron chi connectivity index (χ0n) is 11.3. The molecule has 1 unspecified atom stereocenters. The van der Waals surface area contributed by atoms with Crippen LogP contribution in [0.15, 0.2) is 24.3 Å². The van der Waals surface area contributed by atoms with Gasteiger partial charge in [0.1, 0.15) is 11.8 Å². The van der Waals surface area contributed by atoms with Gasteiger partial charge in [0, 0.05) is 23.5 Å². The number of carboxylic acids is 1. The van der Waals surface area contributed by atoms with Crippen LogP contribution in [0.4, 0.5) is 0 Å². The molecule has 1 rings (SSSR count). The van der Waals surface area contributed by atoms with Crippen LogP contribution in [0.3, 0.4) is 0 Å². The van der Waals surface area contributed by atoms with E-state index in [-0.39, 0.29) is 11.5 Å². The van der Waals surface area contributed by atoms with E-state index in [0.717, 1.165) is 5.56 Å². The van der Waals surface area contributed by atoms with Gasteiger partial charge in [0.15, 0.2) is 0 Å². The number of amides is 1. The normalized spacial score (nSPS) is 13.3. The van der Waals surface area contributed by atoms with Crippen molar-refractivity contribution < 1.29 is 23.6 Å². The summed E-state index contributed by atoms with van der Waals surface area (Å²) in [5.41, 5.74) is 0.787. The number of ether oxygens (including phenoxy) is 1. The third-order valence-electron chi connectivity index (χ3n) is 2.49. The summed E-state index contributed by atoms with van der Waals surface area (Å²) < 4.78 is 17.0. The molecule has 0 radical (unpaired) electrons. The van der Waals surface area contributed by atoms with Gasteiger partial charge in [-0.15, -0.1) is 0 Å². The number of aliphatic carboxylic acids is 1. The number of carbonyl (C=O) groups excluding carboxylic acids is 1. The van der Waals surface area contributed by atoms with Crippen LogP contribution >= 0.6 is 0 Å². The van der Waals surface area contributed by atoms with Crippen LogP contribution in [-0.2, 0) is 26.1 Å². The third-order valence-corrected chi connectivity index (χ3v) is 3.85. The molecule has 0 aliphatic heterocycles. The van der Waals surface area contributed by atoms with E-state index in [1.165, 1.54) is 14.0 Å². The fourth-order valence-corrected chi connectivity index (χ4v) is 2.88. The minimum atomic E-state index is -1.40. The maximum absolute atomic E-state index is 12.0. The van der Waals surface area contributed by atoms with Crippen molar-refractivity contribution in [3.05, 3.63) is 29.8 Å². The lowest BCUT2D eigenvalue weighted by Gasteiger charge is -2.13. The topological polar surface area (TPSA) is 92.7 Å². The molecule has 0 spiro atoms. The predicted molar refractivity (Wildman–Crippen MR) is 74.9 cm³/mol. The fourth-order valence-electron chi connectivity index (χ4n) is 1.61. The summed E-state index contributed by atoms with van der Waals surface area (Å²) in [4.78, 5) is 21.8. The minimum absolute atomic E-state index is 0.133. The van der Waals surface area contributed by atoms with E-state index in [1.54, 1.807) is 24.3 Å². The summed E-state index contributed by atoms with van der Waals surface area (Å²) in [6.45, 7) is 1.22. The first kappa shape index (κ1) is 16.2. The average molecular weight is 299 g/mol. The van der Waals surface area contributed by atoms with Gasteiger partial charge in [-0.05, 0) is 17.7 Å². The van der Waals surface area contributed by atoms with Crippen LogP contribution in [-0.4, -0.2) is 40.1 Å². The standard InChI is InChI=1S/C13H17NO5S/c1-9(15)14-12(13(16)17)8-20(18)7-10-4-3-5-11(6-10)19-2/h3-6,12H,7-8H2,1-2H3,(H,14,15)(H,16,17)/t12-,20?/m0/s1. The zero-order chi connectivity index (χ0) is 15.1. The number of carboxylic acid groups (broad SMARTS) is 1. The SMILES string of the molecule is COc1cccc(CS(=O)C[C@H](NC(C)=O)C(=O)O)c1. The molecule has 1 aromatic rings. The lowest BCUT2D eigenvalue weighted by Crippen LogP contribution is -2.43. The van der Waals surface area contributed by atoms with Gasteiger partial charge in [0.2, 0.25) is 5.91 Å². The predicted octanol–water partition coefficient (Wildman–Crippen LogP) is 0.533. The van der Waals surface area contributed by atoms with Crippen LogP contribution in [0.1, 0.15) is 12.5 Å². The lowest BCUT2D eigenvalue weighted by molar-refractivity contribution is -0.140. The van der Waals surface area contributed by atoms with Crippen molar-refractivity contribution >= 4 is 22.7 Å². The highest BCUT2D eigenvalue weighted by Crippen LogP contribution is 2.14. The molecule has 0 aliphatic rings. The molecule has 0 heterocycles. The van der Waals surface area contributed by atoms with E-state index in [9.17, 15) is 13.8 Å². The molecule has 0 saturated heterocycles. The van der Waals surface area contributed by atoms with Crippen molar-refractivity contribution in [2.45, 2.75) is 18.7 Å². The second-order valence-corrected chi connectivity index (χ2v) is 5.70. The Morgan fingerprint density at radius 2 is 2.15 bits per heavy atom. The number of methoxy groups -OCH3 is 1. The molecule has 2 atom stereocenters. The Labute approximate surface area is 119 Å². The van der Waals surface area contributed by atoms with E-state index in [4.69, 9.17) is 9.84 Å². The minimum Gasteiger partial charge on any atom is -0.497 e. The summed E-state index contributed by atoms with van der Waals surface area (Å²) in [7, 11) is 0.136. The van der Waals surface area contributed by atoms with Crippen molar-refractivity contribution in [2.75, 3.05) is 12.9 Å². The van der Waals surface area contributed by atoms with Crippen LogP contribution in [0.2, 0.25) is 0 Å². The number of hydrogen-bond donors (Lipinski definition) is 2. The first-order chi connectivity index (χ1) is 9.42. The van der Waals surface area contributed by atoms with E-state index in [0.29, 0.717) is 5.75 Å². The van der Waals surface area contributed by atoms with Gasteiger partial charge < -0.3 is 15.2 Å². The molecule has 1 amide bonds. The Bertz CT molecular complexity index is 517. The molecule has 0 fully saturated rings. The highest BCUT2D eigenvalue weighted by molar-refractivity contribution is 7.84. The van der Waals surface area contributed by atoms with E-state index in [1.807, 2.05) is 0 Å². The number of hydrogen-bond acceptors (Lipinski definition) is 4. The summed E-state index contributed by atoms with van der Waals surface area (Å²) in [5, 5.41) is 11.2. The van der Waals surface area contributed by atoms with Crippen molar-refractivity contribution in [3.63, 3.8) is 0 Å². The highest BCUT2D eigenvalue weighted by Gasteiger charge is 2.21. The number of benzene rings is 1. The van der Waals surface area contributed by atoms with Crippen LogP contribution in [0, 0.1) is 0 Å². The molecular weight excluding hydrogens is 282 g/mol. The Kier molecular flexibility index (Phi) is 6.17. The second kappa shape index (κ2) is 7.64. The molecule has 0 saturated carbocycles. The third kappa shape index (κ3) is 5.40. The molecule has 2 N–H and O–H groups in total. The van der Waals surface area contributed by atoms with Crippen molar-refractivity contribution in [1.29, 1.82) is 0 Å². The molecular formula is C13H17NO5S. The van der Waals surface area contributed by atoms with E-state index >= 15 is 0 Å². The average Bonchev–Trinajstić information content (AvgIpc) is 2.37. The smallest absolute Gasteiger partial charge is 0.327 e. The summed E-state index contributed by atoms with van der Waals surface area (Å²) >= 11 is 0. The Balaban J connectivity index is 2.65. The number of rotatable bonds is 7. The van der Waals surface area contributed by atoms with E-state index < -0.39 is 28.7 Å². The van der Waals surface area contributed by atoms with Crippen molar-refractivity contribution in [1.82, 2.24) is 5.32 Å². The molecule has 0 bridgehead atoms. The fraction of sp³-hybridized carbons (Fsp3) is 0.385. The molecule has 110 valence electrons. The Hall–Kier alpha value is -1.89. The quantitative estimate of drug-likeness (QED) is 0.766. The Morgan fingerprint density at radius 1 is 1.45 bits per heavy atom. The first-order valence-corrected chi connectivity index (χ1v) is 7.39. The van der Waals surface area contributed by atoms with Crippen LogP contribution in [0.5, 0.6) is 5.75 Å². The molecule has 7 heteroatoms. The molecule has 20 heavy (non-hydrogen) atoms. The zero-order valence-corrected chi connectivity index (χ0v) is 12.1. The van der Waals surface area contributed by atoms with Gasteiger partial charge in [-0.25, -0.2) is 4.79 Å². The maximum atomic E-state index is 12.0. The van der Waals surface area contributed by atoms with Crippen molar-refractivity contribution in [2.24, 2.45) is 0 Å². The largest absolute Gasteiger partial charge is 0.497 e. The van der Waals surface area contributed by atoms with Gasteiger partial charge in [0.25, 0.3) is 0 Å². The van der Waals surface area contributed by atoms with Gasteiger partial charge >= 0.3 is 5.97 Å². The number of nitrogens with one attached hydrogen (secondary N) is 1. The van der Waals surface area contributed by atoms with Gasteiger partial charge in [-0.3, -0.25) is 9.00 Å². The second-order valence-electron chi connectivity index (χ2n) is 4.19. The highest BCUT2D eigenvalue weighted by atomic mass is 32.2. The lowest BCUT2D eigenvalue weighted by atomic mass is 10.2. The van der Waals surface area contributed by atoms with Crippen LogP contribution < -0.4 is 10.1 Å². The number of carbonyl (C=O) groups is 2.